The first kappa shape index (κ1) is 12.3. The number of benzene rings is 1. The number of carbonyl (C=O) groups excluding carboxylic acids is 1. The number of aryl methyl sites for hydroxylation is 1. The van der Waals surface area contributed by atoms with Gasteiger partial charge in [-0.1, -0.05) is 30.3 Å². The molecule has 5 heteroatoms. The summed E-state index contributed by atoms with van der Waals surface area (Å²) in [7, 11) is 1.45. The molecule has 2 aromatic rings. The minimum atomic E-state index is -0.693. The summed E-state index contributed by atoms with van der Waals surface area (Å²) in [6.07, 6.45) is 0. The Morgan fingerprint density at radius 3 is 2.67 bits per heavy atom. The molecular formula is C13H13FN2O2. The zero-order valence-electron chi connectivity index (χ0n) is 10.2. The molecule has 0 aliphatic heterocycles. The smallest absolute Gasteiger partial charge is 0.345 e. The van der Waals surface area contributed by atoms with Crippen molar-refractivity contribution in [2.24, 2.45) is 7.05 Å². The summed E-state index contributed by atoms with van der Waals surface area (Å²) >= 11 is 0. The molecule has 0 aliphatic rings. The Morgan fingerprint density at radius 2 is 2.06 bits per heavy atom. The first-order valence-electron chi connectivity index (χ1n) is 5.60. The largest absolute Gasteiger partial charge is 0.462 e. The molecule has 0 saturated heterocycles. The molecule has 0 amide bonds. The topological polar surface area (TPSA) is 44.1 Å². The second-order valence-corrected chi connectivity index (χ2v) is 3.72. The molecule has 0 unspecified atom stereocenters. The zero-order chi connectivity index (χ0) is 13.1. The number of hydrogen-bond donors (Lipinski definition) is 0. The van der Waals surface area contributed by atoms with E-state index in [0.717, 1.165) is 4.68 Å². The van der Waals surface area contributed by atoms with Crippen LogP contribution in [0.3, 0.4) is 0 Å². The van der Waals surface area contributed by atoms with E-state index >= 15 is 0 Å². The van der Waals surface area contributed by atoms with Gasteiger partial charge in [-0.2, -0.15) is 9.49 Å². The summed E-state index contributed by atoms with van der Waals surface area (Å²) in [4.78, 5) is 11.8. The monoisotopic (exact) mass is 248 g/mol. The van der Waals surface area contributed by atoms with Gasteiger partial charge in [0.1, 0.15) is 11.3 Å². The van der Waals surface area contributed by atoms with Gasteiger partial charge in [0, 0.05) is 12.6 Å². The number of hydrogen-bond acceptors (Lipinski definition) is 3. The Bertz CT molecular complexity index is 564. The van der Waals surface area contributed by atoms with Gasteiger partial charge in [0.25, 0.3) is 0 Å². The third-order valence-electron chi connectivity index (χ3n) is 2.50. The van der Waals surface area contributed by atoms with Gasteiger partial charge in [0.15, 0.2) is 0 Å². The Morgan fingerprint density at radius 1 is 1.39 bits per heavy atom. The molecule has 0 saturated carbocycles. The SMILES string of the molecule is CCOC(=O)c1c(-c2ccccc2)nn(C)c1F. The number of esters is 1. The van der Waals surface area contributed by atoms with E-state index in [1.165, 1.54) is 7.05 Å². The Hall–Kier alpha value is -2.17. The molecule has 0 atom stereocenters. The van der Waals surface area contributed by atoms with Crippen LogP contribution in [0.15, 0.2) is 30.3 Å². The highest BCUT2D eigenvalue weighted by atomic mass is 19.1. The average molecular weight is 248 g/mol. The molecule has 1 heterocycles. The number of carbonyl (C=O) groups is 1. The van der Waals surface area contributed by atoms with E-state index in [-0.39, 0.29) is 12.2 Å². The predicted molar refractivity (Wildman–Crippen MR) is 64.6 cm³/mol. The zero-order valence-corrected chi connectivity index (χ0v) is 10.2. The summed E-state index contributed by atoms with van der Waals surface area (Å²) in [6.45, 7) is 1.87. The van der Waals surface area contributed by atoms with Crippen molar-refractivity contribution < 1.29 is 13.9 Å². The molecule has 0 radical (unpaired) electrons. The lowest BCUT2D eigenvalue weighted by molar-refractivity contribution is 0.0521. The molecule has 0 bridgehead atoms. The number of ether oxygens (including phenoxy) is 1. The van der Waals surface area contributed by atoms with Crippen LogP contribution >= 0.6 is 0 Å². The lowest BCUT2D eigenvalue weighted by atomic mass is 10.1. The van der Waals surface area contributed by atoms with E-state index in [1.54, 1.807) is 31.2 Å². The van der Waals surface area contributed by atoms with E-state index < -0.39 is 11.9 Å². The molecule has 1 aromatic heterocycles. The van der Waals surface area contributed by atoms with E-state index in [2.05, 4.69) is 5.10 Å². The Labute approximate surface area is 104 Å². The van der Waals surface area contributed by atoms with Crippen molar-refractivity contribution in [3.8, 4) is 11.3 Å². The molecule has 2 rings (SSSR count). The van der Waals surface area contributed by atoms with Crippen LogP contribution in [0.2, 0.25) is 0 Å². The van der Waals surface area contributed by atoms with Crippen molar-refractivity contribution in [3.63, 3.8) is 0 Å². The van der Waals surface area contributed by atoms with Crippen LogP contribution in [-0.4, -0.2) is 22.4 Å². The maximum atomic E-state index is 13.9. The van der Waals surface area contributed by atoms with Gasteiger partial charge in [-0.15, -0.1) is 0 Å². The lowest BCUT2D eigenvalue weighted by Gasteiger charge is -2.02. The van der Waals surface area contributed by atoms with Crippen molar-refractivity contribution in [3.05, 3.63) is 41.8 Å². The highest BCUT2D eigenvalue weighted by molar-refractivity contribution is 5.96. The van der Waals surface area contributed by atoms with Gasteiger partial charge in [0.2, 0.25) is 5.95 Å². The van der Waals surface area contributed by atoms with Gasteiger partial charge >= 0.3 is 5.97 Å². The highest BCUT2D eigenvalue weighted by Crippen LogP contribution is 2.24. The van der Waals surface area contributed by atoms with E-state index in [0.29, 0.717) is 11.3 Å². The van der Waals surface area contributed by atoms with Crippen molar-refractivity contribution in [2.45, 2.75) is 6.92 Å². The number of nitrogens with zero attached hydrogens (tertiary/aromatic N) is 2. The summed E-state index contributed by atoms with van der Waals surface area (Å²) in [6, 6.07) is 8.98. The fourth-order valence-electron chi connectivity index (χ4n) is 1.69. The Kier molecular flexibility index (Phi) is 3.41. The second-order valence-electron chi connectivity index (χ2n) is 3.72. The van der Waals surface area contributed by atoms with E-state index in [9.17, 15) is 9.18 Å². The van der Waals surface area contributed by atoms with Crippen LogP contribution in [0, 0.1) is 5.95 Å². The second kappa shape index (κ2) is 5.00. The van der Waals surface area contributed by atoms with Crippen molar-refractivity contribution in [1.29, 1.82) is 0 Å². The average Bonchev–Trinajstić information content (AvgIpc) is 2.67. The first-order valence-corrected chi connectivity index (χ1v) is 5.60. The molecular weight excluding hydrogens is 235 g/mol. The fraction of sp³-hybridized carbons (Fsp3) is 0.231. The molecule has 1 aromatic carbocycles. The third kappa shape index (κ3) is 2.11. The minimum absolute atomic E-state index is 0.120. The molecule has 0 fully saturated rings. The van der Waals surface area contributed by atoms with Crippen molar-refractivity contribution >= 4 is 5.97 Å². The van der Waals surface area contributed by atoms with E-state index in [1.807, 2.05) is 6.07 Å². The molecule has 0 spiro atoms. The van der Waals surface area contributed by atoms with Gasteiger partial charge in [0.05, 0.1) is 6.61 Å². The molecule has 94 valence electrons. The van der Waals surface area contributed by atoms with Crippen LogP contribution in [0.1, 0.15) is 17.3 Å². The standard InChI is InChI=1S/C13H13FN2O2/c1-3-18-13(17)10-11(15-16(2)12(10)14)9-7-5-4-6-8-9/h4-8H,3H2,1-2H3. The van der Waals surface area contributed by atoms with Crippen LogP contribution in [-0.2, 0) is 11.8 Å². The summed E-state index contributed by atoms with van der Waals surface area (Å²) in [5, 5.41) is 4.02. The van der Waals surface area contributed by atoms with Crippen LogP contribution in [0.25, 0.3) is 11.3 Å². The number of aromatic nitrogens is 2. The molecule has 4 nitrogen and oxygen atoms in total. The van der Waals surface area contributed by atoms with Crippen molar-refractivity contribution in [1.82, 2.24) is 9.78 Å². The first-order chi connectivity index (χ1) is 8.65. The van der Waals surface area contributed by atoms with E-state index in [4.69, 9.17) is 4.74 Å². The molecule has 18 heavy (non-hydrogen) atoms. The summed E-state index contributed by atoms with van der Waals surface area (Å²) < 4.78 is 19.8. The maximum absolute atomic E-state index is 13.9. The van der Waals surface area contributed by atoms with Gasteiger partial charge < -0.3 is 4.74 Å². The van der Waals surface area contributed by atoms with Crippen LogP contribution < -0.4 is 0 Å². The lowest BCUT2D eigenvalue weighted by Crippen LogP contribution is -2.08. The number of rotatable bonds is 3. The van der Waals surface area contributed by atoms with Gasteiger partial charge in [-0.25, -0.2) is 9.48 Å². The van der Waals surface area contributed by atoms with Gasteiger partial charge in [-0.05, 0) is 6.92 Å². The minimum Gasteiger partial charge on any atom is -0.462 e. The van der Waals surface area contributed by atoms with Crippen molar-refractivity contribution in [2.75, 3.05) is 6.61 Å². The highest BCUT2D eigenvalue weighted by Gasteiger charge is 2.24. The summed E-state index contributed by atoms with van der Waals surface area (Å²) in [5.41, 5.74) is 0.861. The third-order valence-corrected chi connectivity index (χ3v) is 2.50. The fourth-order valence-corrected chi connectivity index (χ4v) is 1.69. The summed E-state index contributed by atoms with van der Waals surface area (Å²) in [5.74, 6) is -1.38. The van der Waals surface area contributed by atoms with Gasteiger partial charge in [-0.3, -0.25) is 0 Å². The normalized spacial score (nSPS) is 10.4. The Balaban J connectivity index is 2.55. The molecule has 0 aliphatic carbocycles. The quantitative estimate of drug-likeness (QED) is 0.783. The van der Waals surface area contributed by atoms with Crippen LogP contribution in [0.4, 0.5) is 4.39 Å². The number of halogens is 1. The predicted octanol–water partition coefficient (Wildman–Crippen LogP) is 2.40. The molecule has 0 N–H and O–H groups in total. The van der Waals surface area contributed by atoms with Crippen LogP contribution in [0.5, 0.6) is 0 Å². The maximum Gasteiger partial charge on any atom is 0.345 e.